The van der Waals surface area contributed by atoms with Crippen molar-refractivity contribution in [3.63, 3.8) is 0 Å². The summed E-state index contributed by atoms with van der Waals surface area (Å²) in [6.45, 7) is 0. The number of methoxy groups -OCH3 is 2. The summed E-state index contributed by atoms with van der Waals surface area (Å²) in [5.41, 5.74) is 6.99. The van der Waals surface area contributed by atoms with Gasteiger partial charge < -0.3 is 19.7 Å². The maximum atomic E-state index is 5.94. The van der Waals surface area contributed by atoms with Gasteiger partial charge in [-0.15, -0.1) is 0 Å². The summed E-state index contributed by atoms with van der Waals surface area (Å²) in [6, 6.07) is 6.04. The molecule has 2 atom stereocenters. The molecule has 1 heterocycles. The van der Waals surface area contributed by atoms with Crippen LogP contribution in [0, 0.1) is 0 Å². The predicted octanol–water partition coefficient (Wildman–Crippen LogP) is 2.27. The molecule has 0 spiro atoms. The maximum absolute atomic E-state index is 5.94. The summed E-state index contributed by atoms with van der Waals surface area (Å²) in [5, 5.41) is 4.08. The van der Waals surface area contributed by atoms with Gasteiger partial charge in [0.05, 0.1) is 14.2 Å². The van der Waals surface area contributed by atoms with Crippen LogP contribution in [0.5, 0.6) is 11.5 Å². The molecule has 0 aliphatic heterocycles. The SMILES string of the molecule is COc1ccc(Cc2noc(C3CCC(N)C3)n2)cc1OC. The van der Waals surface area contributed by atoms with E-state index < -0.39 is 0 Å². The zero-order chi connectivity index (χ0) is 15.5. The highest BCUT2D eigenvalue weighted by molar-refractivity contribution is 5.43. The van der Waals surface area contributed by atoms with Crippen molar-refractivity contribution in [1.29, 1.82) is 0 Å². The van der Waals surface area contributed by atoms with E-state index in [1.165, 1.54) is 0 Å². The van der Waals surface area contributed by atoms with Crippen LogP contribution in [0.2, 0.25) is 0 Å². The van der Waals surface area contributed by atoms with Crippen LogP contribution in [0.25, 0.3) is 0 Å². The molecule has 1 saturated carbocycles. The van der Waals surface area contributed by atoms with Crippen molar-refractivity contribution in [2.75, 3.05) is 14.2 Å². The molecule has 6 nitrogen and oxygen atoms in total. The highest BCUT2D eigenvalue weighted by atomic mass is 16.5. The molecule has 1 aromatic carbocycles. The van der Waals surface area contributed by atoms with Crippen molar-refractivity contribution < 1.29 is 14.0 Å². The highest BCUT2D eigenvalue weighted by Gasteiger charge is 2.27. The summed E-state index contributed by atoms with van der Waals surface area (Å²) in [7, 11) is 3.24. The van der Waals surface area contributed by atoms with Crippen molar-refractivity contribution in [1.82, 2.24) is 10.1 Å². The Labute approximate surface area is 129 Å². The van der Waals surface area contributed by atoms with E-state index in [1.54, 1.807) is 14.2 Å². The van der Waals surface area contributed by atoms with Gasteiger partial charge in [0.2, 0.25) is 5.89 Å². The zero-order valence-electron chi connectivity index (χ0n) is 12.9. The van der Waals surface area contributed by atoms with E-state index in [9.17, 15) is 0 Å². The van der Waals surface area contributed by atoms with E-state index in [0.717, 1.165) is 24.8 Å². The van der Waals surface area contributed by atoms with Crippen LogP contribution in [0.15, 0.2) is 22.7 Å². The van der Waals surface area contributed by atoms with Gasteiger partial charge >= 0.3 is 0 Å². The van der Waals surface area contributed by atoms with Gasteiger partial charge in [-0.3, -0.25) is 0 Å². The minimum atomic E-state index is 0.256. The Morgan fingerprint density at radius 1 is 1.23 bits per heavy atom. The molecular weight excluding hydrogens is 282 g/mol. The first-order valence-electron chi connectivity index (χ1n) is 7.48. The first-order chi connectivity index (χ1) is 10.7. The fraction of sp³-hybridized carbons (Fsp3) is 0.500. The Bertz CT molecular complexity index is 641. The van der Waals surface area contributed by atoms with Gasteiger partial charge in [-0.05, 0) is 37.0 Å². The molecule has 2 aromatic rings. The summed E-state index contributed by atoms with van der Waals surface area (Å²) < 4.78 is 15.9. The van der Waals surface area contributed by atoms with Crippen LogP contribution in [0.4, 0.5) is 0 Å². The van der Waals surface area contributed by atoms with Crippen molar-refractivity contribution in [3.05, 3.63) is 35.5 Å². The number of rotatable bonds is 5. The second-order valence-corrected chi connectivity index (χ2v) is 5.69. The van der Waals surface area contributed by atoms with Gasteiger partial charge in [-0.25, -0.2) is 0 Å². The van der Waals surface area contributed by atoms with Gasteiger partial charge in [0.15, 0.2) is 17.3 Å². The lowest BCUT2D eigenvalue weighted by Crippen LogP contribution is -2.14. The molecule has 0 amide bonds. The lowest BCUT2D eigenvalue weighted by Gasteiger charge is -2.08. The molecule has 1 aliphatic carbocycles. The zero-order valence-corrected chi connectivity index (χ0v) is 12.9. The average molecular weight is 303 g/mol. The Morgan fingerprint density at radius 3 is 2.73 bits per heavy atom. The van der Waals surface area contributed by atoms with Gasteiger partial charge in [-0.1, -0.05) is 11.2 Å². The summed E-state index contributed by atoms with van der Waals surface area (Å²) in [5.74, 6) is 3.11. The molecule has 2 N–H and O–H groups in total. The largest absolute Gasteiger partial charge is 0.493 e. The molecule has 1 aliphatic rings. The lowest BCUT2D eigenvalue weighted by atomic mass is 10.1. The molecule has 3 rings (SSSR count). The first-order valence-corrected chi connectivity index (χ1v) is 7.48. The van der Waals surface area contributed by atoms with Crippen LogP contribution in [0.3, 0.4) is 0 Å². The second kappa shape index (κ2) is 6.36. The maximum Gasteiger partial charge on any atom is 0.229 e. The van der Waals surface area contributed by atoms with Crippen molar-refractivity contribution in [2.45, 2.75) is 37.6 Å². The number of ether oxygens (including phenoxy) is 2. The molecule has 118 valence electrons. The van der Waals surface area contributed by atoms with Crippen molar-refractivity contribution in [2.24, 2.45) is 5.73 Å². The van der Waals surface area contributed by atoms with Crippen molar-refractivity contribution >= 4 is 0 Å². The van der Waals surface area contributed by atoms with E-state index in [-0.39, 0.29) is 6.04 Å². The molecule has 22 heavy (non-hydrogen) atoms. The molecular formula is C16H21N3O3. The smallest absolute Gasteiger partial charge is 0.229 e. The van der Waals surface area contributed by atoms with Crippen molar-refractivity contribution in [3.8, 4) is 11.5 Å². The molecule has 0 bridgehead atoms. The van der Waals surface area contributed by atoms with E-state index in [2.05, 4.69) is 10.1 Å². The topological polar surface area (TPSA) is 83.4 Å². The average Bonchev–Trinajstić information content (AvgIpc) is 3.16. The third-order valence-electron chi connectivity index (χ3n) is 4.12. The van der Waals surface area contributed by atoms with E-state index in [4.69, 9.17) is 19.7 Å². The Kier molecular flexibility index (Phi) is 4.29. The standard InChI is InChI=1S/C16H21N3O3/c1-20-13-6-3-10(7-14(13)21-2)8-15-18-16(22-19-15)11-4-5-12(17)9-11/h3,6-7,11-12H,4-5,8-9,17H2,1-2H3. The van der Waals surface area contributed by atoms with Gasteiger partial charge in [0.1, 0.15) is 0 Å². The Balaban J connectivity index is 1.72. The normalized spacial score (nSPS) is 21.0. The fourth-order valence-electron chi connectivity index (χ4n) is 2.92. The third-order valence-corrected chi connectivity index (χ3v) is 4.12. The van der Waals surface area contributed by atoms with E-state index in [0.29, 0.717) is 35.6 Å². The second-order valence-electron chi connectivity index (χ2n) is 5.69. The van der Waals surface area contributed by atoms with Gasteiger partial charge in [-0.2, -0.15) is 4.98 Å². The molecule has 1 aromatic heterocycles. The summed E-state index contributed by atoms with van der Waals surface area (Å²) in [6.07, 6.45) is 3.58. The molecule has 0 saturated heterocycles. The number of hydrogen-bond donors (Lipinski definition) is 1. The van der Waals surface area contributed by atoms with Crippen LogP contribution in [-0.2, 0) is 6.42 Å². The lowest BCUT2D eigenvalue weighted by molar-refractivity contribution is 0.349. The number of hydrogen-bond acceptors (Lipinski definition) is 6. The predicted molar refractivity (Wildman–Crippen MR) is 81.2 cm³/mol. The van der Waals surface area contributed by atoms with E-state index in [1.807, 2.05) is 18.2 Å². The minimum absolute atomic E-state index is 0.256. The minimum Gasteiger partial charge on any atom is -0.493 e. The number of aromatic nitrogens is 2. The van der Waals surface area contributed by atoms with E-state index >= 15 is 0 Å². The number of nitrogens with zero attached hydrogens (tertiary/aromatic N) is 2. The van der Waals surface area contributed by atoms with Crippen LogP contribution >= 0.6 is 0 Å². The third kappa shape index (κ3) is 3.06. The van der Waals surface area contributed by atoms with Crippen LogP contribution < -0.4 is 15.2 Å². The van der Waals surface area contributed by atoms with Crippen LogP contribution in [-0.4, -0.2) is 30.4 Å². The number of benzene rings is 1. The summed E-state index contributed by atoms with van der Waals surface area (Å²) >= 11 is 0. The molecule has 1 fully saturated rings. The molecule has 0 radical (unpaired) electrons. The highest BCUT2D eigenvalue weighted by Crippen LogP contribution is 2.33. The van der Waals surface area contributed by atoms with Gasteiger partial charge in [0.25, 0.3) is 0 Å². The fourth-order valence-corrected chi connectivity index (χ4v) is 2.92. The van der Waals surface area contributed by atoms with Crippen LogP contribution in [0.1, 0.15) is 42.5 Å². The Morgan fingerprint density at radius 2 is 2.05 bits per heavy atom. The first kappa shape index (κ1) is 14.8. The quantitative estimate of drug-likeness (QED) is 0.912. The Hall–Kier alpha value is -2.08. The number of nitrogens with two attached hydrogens (primary N) is 1. The monoisotopic (exact) mass is 303 g/mol. The molecule has 6 heteroatoms. The summed E-state index contributed by atoms with van der Waals surface area (Å²) in [4.78, 5) is 4.51. The molecule has 2 unspecified atom stereocenters. The van der Waals surface area contributed by atoms with Gasteiger partial charge in [0, 0.05) is 18.4 Å².